The van der Waals surface area contributed by atoms with Crippen LogP contribution in [0.25, 0.3) is 0 Å². The van der Waals surface area contributed by atoms with Crippen LogP contribution in [0, 0.1) is 11.6 Å². The summed E-state index contributed by atoms with van der Waals surface area (Å²) in [4.78, 5) is 12.2. The maximum Gasteiger partial charge on any atom is 0.208 e. The molecule has 0 unspecified atom stereocenters. The first-order valence-corrected chi connectivity index (χ1v) is 7.32. The molecule has 0 saturated carbocycles. The fourth-order valence-electron chi connectivity index (χ4n) is 1.34. The minimum Gasteiger partial charge on any atom is -0.287 e. The molecule has 2 rings (SSSR count). The second-order valence-electron chi connectivity index (χ2n) is 3.31. The van der Waals surface area contributed by atoms with Gasteiger partial charge >= 0.3 is 0 Å². The van der Waals surface area contributed by atoms with E-state index >= 15 is 0 Å². The topological polar surface area (TPSA) is 17.1 Å². The SMILES string of the molecule is O=C(c1cc(Cl)c(Br)s1)c1c(F)cc(Br)cc1F. The molecule has 0 aliphatic heterocycles. The standard InChI is InChI=1S/C11H3Br2ClF2OS/c12-4-1-6(15)9(7(16)2-4)10(17)8-3-5(14)11(13)18-8/h1-3H. The van der Waals surface area contributed by atoms with Crippen molar-refractivity contribution < 1.29 is 13.6 Å². The highest BCUT2D eigenvalue weighted by Crippen LogP contribution is 2.34. The van der Waals surface area contributed by atoms with E-state index in [0.717, 1.165) is 23.5 Å². The highest BCUT2D eigenvalue weighted by molar-refractivity contribution is 9.11. The number of benzene rings is 1. The number of hydrogen-bond donors (Lipinski definition) is 0. The van der Waals surface area contributed by atoms with Crippen molar-refractivity contribution in [3.63, 3.8) is 0 Å². The van der Waals surface area contributed by atoms with Crippen molar-refractivity contribution in [2.24, 2.45) is 0 Å². The predicted molar refractivity (Wildman–Crippen MR) is 74.5 cm³/mol. The van der Waals surface area contributed by atoms with Crippen LogP contribution in [0.15, 0.2) is 26.5 Å². The lowest BCUT2D eigenvalue weighted by atomic mass is 10.1. The summed E-state index contributed by atoms with van der Waals surface area (Å²) in [5.74, 6) is -2.55. The Kier molecular flexibility index (Phi) is 4.21. The first-order valence-electron chi connectivity index (χ1n) is 4.54. The van der Waals surface area contributed by atoms with Gasteiger partial charge in [0.05, 0.1) is 19.2 Å². The van der Waals surface area contributed by atoms with Crippen molar-refractivity contribution in [2.45, 2.75) is 0 Å². The van der Waals surface area contributed by atoms with Crippen LogP contribution in [0.2, 0.25) is 5.02 Å². The average molecular weight is 416 g/mol. The molecule has 0 aliphatic carbocycles. The largest absolute Gasteiger partial charge is 0.287 e. The van der Waals surface area contributed by atoms with Crippen molar-refractivity contribution in [1.29, 1.82) is 0 Å². The molecular weight excluding hydrogens is 413 g/mol. The van der Waals surface area contributed by atoms with Gasteiger partial charge in [0.1, 0.15) is 11.6 Å². The lowest BCUT2D eigenvalue weighted by Crippen LogP contribution is -2.06. The van der Waals surface area contributed by atoms with Crippen LogP contribution in [-0.2, 0) is 0 Å². The van der Waals surface area contributed by atoms with Crippen LogP contribution in [-0.4, -0.2) is 5.78 Å². The van der Waals surface area contributed by atoms with Gasteiger partial charge in [-0.25, -0.2) is 8.78 Å². The molecule has 7 heteroatoms. The first-order chi connectivity index (χ1) is 8.40. The Balaban J connectivity index is 2.52. The van der Waals surface area contributed by atoms with Gasteiger partial charge in [-0.05, 0) is 34.1 Å². The average Bonchev–Trinajstić information content (AvgIpc) is 2.57. The van der Waals surface area contributed by atoms with Crippen LogP contribution in [0.5, 0.6) is 0 Å². The van der Waals surface area contributed by atoms with E-state index in [1.54, 1.807) is 0 Å². The van der Waals surface area contributed by atoms with E-state index in [2.05, 4.69) is 31.9 Å². The molecule has 0 N–H and O–H groups in total. The van der Waals surface area contributed by atoms with Gasteiger partial charge in [-0.1, -0.05) is 27.5 Å². The normalized spacial score (nSPS) is 10.7. The Labute approximate surface area is 127 Å². The highest BCUT2D eigenvalue weighted by Gasteiger charge is 2.22. The predicted octanol–water partition coefficient (Wildman–Crippen LogP) is 5.44. The van der Waals surface area contributed by atoms with Gasteiger partial charge in [-0.2, -0.15) is 0 Å². The van der Waals surface area contributed by atoms with E-state index in [1.165, 1.54) is 6.07 Å². The van der Waals surface area contributed by atoms with E-state index in [-0.39, 0.29) is 9.35 Å². The van der Waals surface area contributed by atoms with Crippen LogP contribution in [0.1, 0.15) is 15.2 Å². The van der Waals surface area contributed by atoms with Crippen molar-refractivity contribution >= 4 is 60.6 Å². The Bertz CT molecular complexity index is 599. The molecule has 0 aliphatic rings. The molecule has 0 radical (unpaired) electrons. The van der Waals surface area contributed by atoms with Crippen molar-refractivity contribution in [3.8, 4) is 0 Å². The van der Waals surface area contributed by atoms with Crippen LogP contribution < -0.4 is 0 Å². The number of ketones is 1. The number of carbonyl (C=O) groups excluding carboxylic acids is 1. The lowest BCUT2D eigenvalue weighted by molar-refractivity contribution is 0.103. The van der Waals surface area contributed by atoms with Crippen molar-refractivity contribution in [3.05, 3.63) is 53.6 Å². The Hall–Kier alpha value is -0.300. The number of hydrogen-bond acceptors (Lipinski definition) is 2. The maximum absolute atomic E-state index is 13.6. The highest BCUT2D eigenvalue weighted by atomic mass is 79.9. The van der Waals surface area contributed by atoms with E-state index in [1.807, 2.05) is 0 Å². The van der Waals surface area contributed by atoms with Crippen LogP contribution in [0.3, 0.4) is 0 Å². The van der Waals surface area contributed by atoms with Crippen LogP contribution in [0.4, 0.5) is 8.78 Å². The molecule has 1 aromatic carbocycles. The van der Waals surface area contributed by atoms with Gasteiger partial charge in [-0.3, -0.25) is 4.79 Å². The Morgan fingerprint density at radius 3 is 2.17 bits per heavy atom. The fraction of sp³-hybridized carbons (Fsp3) is 0. The van der Waals surface area contributed by atoms with Gasteiger partial charge in [0.25, 0.3) is 0 Å². The summed E-state index contributed by atoms with van der Waals surface area (Å²) in [6.45, 7) is 0. The zero-order valence-corrected chi connectivity index (χ0v) is 13.2. The van der Waals surface area contributed by atoms with E-state index in [0.29, 0.717) is 8.81 Å². The quantitative estimate of drug-likeness (QED) is 0.596. The molecule has 0 spiro atoms. The third-order valence-electron chi connectivity index (χ3n) is 2.10. The summed E-state index contributed by atoms with van der Waals surface area (Å²) in [5, 5.41) is 0.335. The molecule has 0 amide bonds. The number of rotatable bonds is 2. The molecule has 94 valence electrons. The molecule has 1 heterocycles. The fourth-order valence-corrected chi connectivity index (χ4v) is 3.39. The third-order valence-corrected chi connectivity index (χ3v) is 5.03. The van der Waals surface area contributed by atoms with E-state index in [4.69, 9.17) is 11.6 Å². The summed E-state index contributed by atoms with van der Waals surface area (Å²) < 4.78 is 28.0. The molecular formula is C11H3Br2ClF2OS. The van der Waals surface area contributed by atoms with Crippen molar-refractivity contribution in [1.82, 2.24) is 0 Å². The summed E-state index contributed by atoms with van der Waals surface area (Å²) in [6, 6.07) is 3.46. The van der Waals surface area contributed by atoms with Gasteiger partial charge in [0, 0.05) is 4.47 Å². The van der Waals surface area contributed by atoms with Crippen molar-refractivity contribution in [2.75, 3.05) is 0 Å². The number of carbonyl (C=O) groups is 1. The second kappa shape index (κ2) is 5.36. The van der Waals surface area contributed by atoms with Gasteiger partial charge < -0.3 is 0 Å². The summed E-state index contributed by atoms with van der Waals surface area (Å²) in [6.07, 6.45) is 0. The summed E-state index contributed by atoms with van der Waals surface area (Å²) in [7, 11) is 0. The Morgan fingerprint density at radius 2 is 1.72 bits per heavy atom. The number of thiophene rings is 1. The van der Waals surface area contributed by atoms with Crippen LogP contribution >= 0.6 is 54.8 Å². The van der Waals surface area contributed by atoms with Gasteiger partial charge in [0.2, 0.25) is 5.78 Å². The third kappa shape index (κ3) is 2.66. The Morgan fingerprint density at radius 1 is 1.17 bits per heavy atom. The molecule has 18 heavy (non-hydrogen) atoms. The number of halogens is 5. The monoisotopic (exact) mass is 414 g/mol. The minimum absolute atomic E-state index is 0.173. The first kappa shape index (κ1) is 14.1. The molecule has 1 aromatic heterocycles. The summed E-state index contributed by atoms with van der Waals surface area (Å²) in [5.41, 5.74) is -0.580. The molecule has 1 nitrogen and oxygen atoms in total. The van der Waals surface area contributed by atoms with E-state index < -0.39 is 23.0 Å². The smallest absolute Gasteiger partial charge is 0.208 e. The minimum atomic E-state index is -0.910. The lowest BCUT2D eigenvalue weighted by Gasteiger charge is -2.03. The zero-order valence-electron chi connectivity index (χ0n) is 8.44. The maximum atomic E-state index is 13.6. The van der Waals surface area contributed by atoms with Gasteiger partial charge in [0.15, 0.2) is 0 Å². The second-order valence-corrected chi connectivity index (χ2v) is 7.00. The molecule has 0 atom stereocenters. The molecule has 0 saturated heterocycles. The van der Waals surface area contributed by atoms with Gasteiger partial charge in [-0.15, -0.1) is 11.3 Å². The zero-order chi connectivity index (χ0) is 13.4. The molecule has 0 fully saturated rings. The molecule has 2 aromatic rings. The van der Waals surface area contributed by atoms with E-state index in [9.17, 15) is 13.6 Å². The summed E-state index contributed by atoms with van der Waals surface area (Å²) >= 11 is 12.9. The molecule has 0 bridgehead atoms.